The van der Waals surface area contributed by atoms with E-state index in [2.05, 4.69) is 19.2 Å². The van der Waals surface area contributed by atoms with Crippen LogP contribution in [-0.2, 0) is 4.79 Å². The molecule has 0 fully saturated rings. The van der Waals surface area contributed by atoms with E-state index in [-0.39, 0.29) is 11.9 Å². The van der Waals surface area contributed by atoms with Gasteiger partial charge in [-0.15, -0.1) is 0 Å². The van der Waals surface area contributed by atoms with Crippen molar-refractivity contribution in [2.24, 2.45) is 5.92 Å². The first kappa shape index (κ1) is 17.0. The van der Waals surface area contributed by atoms with E-state index in [4.69, 9.17) is 5.11 Å². The number of aryl methyl sites for hydroxylation is 1. The highest BCUT2D eigenvalue weighted by atomic mass is 16.4. The number of amides is 1. The molecule has 1 aromatic rings. The standard InChI is InChI=1S/C17H23NO3/c1-5-11(2)13(4)18-17(21)15-7-6-12(3)14(10-15)8-9-16(19)20/h6-11,13H,5H2,1-4H3,(H,18,21)(H,19,20)/b9-8+. The Morgan fingerprint density at radius 1 is 1.33 bits per heavy atom. The number of benzene rings is 1. The number of nitrogens with one attached hydrogen (secondary N) is 1. The minimum atomic E-state index is -1.00. The Morgan fingerprint density at radius 2 is 2.00 bits per heavy atom. The van der Waals surface area contributed by atoms with E-state index in [0.29, 0.717) is 11.5 Å². The third-order valence-electron chi connectivity index (χ3n) is 3.80. The summed E-state index contributed by atoms with van der Waals surface area (Å²) >= 11 is 0. The molecule has 0 saturated carbocycles. The SMILES string of the molecule is CCC(C)C(C)NC(=O)c1ccc(C)c(/C=C/C(=O)O)c1. The van der Waals surface area contributed by atoms with Crippen molar-refractivity contribution in [1.29, 1.82) is 0 Å². The maximum Gasteiger partial charge on any atom is 0.328 e. The second-order valence-corrected chi connectivity index (χ2v) is 5.39. The average Bonchev–Trinajstić information content (AvgIpc) is 2.45. The van der Waals surface area contributed by atoms with Gasteiger partial charge >= 0.3 is 5.97 Å². The van der Waals surface area contributed by atoms with Crippen molar-refractivity contribution in [3.8, 4) is 0 Å². The number of hydrogen-bond donors (Lipinski definition) is 2. The fraction of sp³-hybridized carbons (Fsp3) is 0.412. The lowest BCUT2D eigenvalue weighted by Crippen LogP contribution is -2.36. The van der Waals surface area contributed by atoms with Crippen LogP contribution < -0.4 is 5.32 Å². The number of carbonyl (C=O) groups is 2. The van der Waals surface area contributed by atoms with Gasteiger partial charge in [-0.1, -0.05) is 26.3 Å². The molecule has 0 aromatic heterocycles. The largest absolute Gasteiger partial charge is 0.478 e. The van der Waals surface area contributed by atoms with Crippen LogP contribution in [0.1, 0.15) is 48.7 Å². The summed E-state index contributed by atoms with van der Waals surface area (Å²) in [5.74, 6) is -0.729. The summed E-state index contributed by atoms with van der Waals surface area (Å²) in [5, 5.41) is 11.7. The summed E-state index contributed by atoms with van der Waals surface area (Å²) in [7, 11) is 0. The van der Waals surface area contributed by atoms with E-state index in [1.54, 1.807) is 12.1 Å². The highest BCUT2D eigenvalue weighted by Gasteiger charge is 2.14. The van der Waals surface area contributed by atoms with Crippen LogP contribution in [0.25, 0.3) is 6.08 Å². The maximum absolute atomic E-state index is 12.2. The van der Waals surface area contributed by atoms with Crippen molar-refractivity contribution >= 4 is 18.0 Å². The van der Waals surface area contributed by atoms with Crippen LogP contribution >= 0.6 is 0 Å². The van der Waals surface area contributed by atoms with Gasteiger partial charge in [0.1, 0.15) is 0 Å². The predicted molar refractivity (Wildman–Crippen MR) is 84.2 cm³/mol. The van der Waals surface area contributed by atoms with Gasteiger partial charge in [0, 0.05) is 17.7 Å². The first-order valence-corrected chi connectivity index (χ1v) is 7.17. The van der Waals surface area contributed by atoms with Gasteiger partial charge in [0.25, 0.3) is 5.91 Å². The number of carboxylic acids is 1. The monoisotopic (exact) mass is 289 g/mol. The van der Waals surface area contributed by atoms with Crippen LogP contribution in [0, 0.1) is 12.8 Å². The zero-order valence-corrected chi connectivity index (χ0v) is 13.0. The molecule has 4 heteroatoms. The van der Waals surface area contributed by atoms with Crippen LogP contribution in [0.5, 0.6) is 0 Å². The molecule has 4 nitrogen and oxygen atoms in total. The lowest BCUT2D eigenvalue weighted by Gasteiger charge is -2.20. The maximum atomic E-state index is 12.2. The zero-order chi connectivity index (χ0) is 16.0. The van der Waals surface area contributed by atoms with Gasteiger partial charge in [-0.2, -0.15) is 0 Å². The molecule has 0 bridgehead atoms. The molecular weight excluding hydrogens is 266 g/mol. The van der Waals surface area contributed by atoms with Gasteiger partial charge in [0.2, 0.25) is 0 Å². The molecule has 0 aliphatic rings. The van der Waals surface area contributed by atoms with Crippen LogP contribution in [0.3, 0.4) is 0 Å². The van der Waals surface area contributed by atoms with Crippen LogP contribution in [0.15, 0.2) is 24.3 Å². The molecule has 0 spiro atoms. The summed E-state index contributed by atoms with van der Waals surface area (Å²) < 4.78 is 0. The fourth-order valence-corrected chi connectivity index (χ4v) is 1.91. The van der Waals surface area contributed by atoms with Crippen molar-refractivity contribution < 1.29 is 14.7 Å². The Kier molecular flexibility index (Phi) is 6.15. The molecule has 0 heterocycles. The lowest BCUT2D eigenvalue weighted by molar-refractivity contribution is -0.131. The molecule has 0 aliphatic carbocycles. The minimum absolute atomic E-state index is 0.0989. The lowest BCUT2D eigenvalue weighted by atomic mass is 9.99. The Balaban J connectivity index is 2.91. The summed E-state index contributed by atoms with van der Waals surface area (Å²) in [5.41, 5.74) is 2.21. The number of carbonyl (C=O) groups excluding carboxylic acids is 1. The Morgan fingerprint density at radius 3 is 2.57 bits per heavy atom. The van der Waals surface area contributed by atoms with Crippen LogP contribution in [0.4, 0.5) is 0 Å². The number of carboxylic acid groups (broad SMARTS) is 1. The summed E-state index contributed by atoms with van der Waals surface area (Å²) in [6.07, 6.45) is 3.58. The minimum Gasteiger partial charge on any atom is -0.478 e. The average molecular weight is 289 g/mol. The summed E-state index contributed by atoms with van der Waals surface area (Å²) in [6, 6.07) is 5.39. The number of rotatable bonds is 6. The molecule has 114 valence electrons. The molecule has 1 aromatic carbocycles. The van der Waals surface area contributed by atoms with E-state index in [9.17, 15) is 9.59 Å². The van der Waals surface area contributed by atoms with Crippen molar-refractivity contribution in [3.63, 3.8) is 0 Å². The van der Waals surface area contributed by atoms with Gasteiger partial charge in [-0.05, 0) is 49.1 Å². The molecule has 0 saturated heterocycles. The van der Waals surface area contributed by atoms with Crippen molar-refractivity contribution in [3.05, 3.63) is 41.0 Å². The van der Waals surface area contributed by atoms with Crippen molar-refractivity contribution in [2.45, 2.75) is 40.2 Å². The van der Waals surface area contributed by atoms with Gasteiger partial charge in [0.05, 0.1) is 0 Å². The van der Waals surface area contributed by atoms with E-state index in [1.165, 1.54) is 6.08 Å². The van der Waals surface area contributed by atoms with E-state index in [1.807, 2.05) is 19.9 Å². The molecule has 0 aliphatic heterocycles. The smallest absolute Gasteiger partial charge is 0.328 e. The highest BCUT2D eigenvalue weighted by Crippen LogP contribution is 2.14. The molecular formula is C17H23NO3. The molecule has 0 radical (unpaired) electrons. The van der Waals surface area contributed by atoms with Gasteiger partial charge in [-0.3, -0.25) is 4.79 Å². The van der Waals surface area contributed by atoms with Crippen molar-refractivity contribution in [1.82, 2.24) is 5.32 Å². The van der Waals surface area contributed by atoms with Crippen molar-refractivity contribution in [2.75, 3.05) is 0 Å². The molecule has 2 atom stereocenters. The van der Waals surface area contributed by atoms with Gasteiger partial charge in [0.15, 0.2) is 0 Å². The third kappa shape index (κ3) is 5.06. The highest BCUT2D eigenvalue weighted by molar-refractivity contribution is 5.95. The number of aliphatic carboxylic acids is 1. The summed E-state index contributed by atoms with van der Waals surface area (Å²) in [4.78, 5) is 22.8. The molecule has 2 N–H and O–H groups in total. The molecule has 21 heavy (non-hydrogen) atoms. The first-order chi connectivity index (χ1) is 9.85. The Hall–Kier alpha value is -2.10. The topological polar surface area (TPSA) is 66.4 Å². The zero-order valence-electron chi connectivity index (χ0n) is 13.0. The van der Waals surface area contributed by atoms with Crippen LogP contribution in [0.2, 0.25) is 0 Å². The quantitative estimate of drug-likeness (QED) is 0.790. The molecule has 1 rings (SSSR count). The normalized spacial score (nSPS) is 13.9. The summed E-state index contributed by atoms with van der Waals surface area (Å²) in [6.45, 7) is 8.06. The van der Waals surface area contributed by atoms with Gasteiger partial charge < -0.3 is 10.4 Å². The first-order valence-electron chi connectivity index (χ1n) is 7.17. The molecule has 1 amide bonds. The Labute approximate surface area is 125 Å². The van der Waals surface area contributed by atoms with Crippen LogP contribution in [-0.4, -0.2) is 23.0 Å². The number of hydrogen-bond acceptors (Lipinski definition) is 2. The van der Waals surface area contributed by atoms with E-state index in [0.717, 1.165) is 23.6 Å². The molecule has 2 unspecified atom stereocenters. The Bertz CT molecular complexity index is 549. The second kappa shape index (κ2) is 7.62. The second-order valence-electron chi connectivity index (χ2n) is 5.39. The third-order valence-corrected chi connectivity index (χ3v) is 3.80. The van der Waals surface area contributed by atoms with E-state index < -0.39 is 5.97 Å². The predicted octanol–water partition coefficient (Wildman–Crippen LogP) is 3.26. The van der Waals surface area contributed by atoms with E-state index >= 15 is 0 Å². The van der Waals surface area contributed by atoms with Gasteiger partial charge in [-0.25, -0.2) is 4.79 Å². The fourth-order valence-electron chi connectivity index (χ4n) is 1.91.